The number of rotatable bonds is 29. The minimum absolute atomic E-state index is 0.0614. The lowest BCUT2D eigenvalue weighted by Crippen LogP contribution is -2.61. The molecule has 0 bridgehead atoms. The first-order chi connectivity index (χ1) is 39.6. The van der Waals surface area contributed by atoms with Crippen LogP contribution in [0.1, 0.15) is 119 Å². The Bertz CT molecular complexity index is 2440. The Morgan fingerprint density at radius 1 is 0.643 bits per heavy atom. The number of amides is 11. The molecular formula is C57H92N12O15. The van der Waals surface area contributed by atoms with Crippen LogP contribution in [0.3, 0.4) is 0 Å². The maximum atomic E-state index is 14.6. The number of nitrogens with zero attached hydrogens (tertiary/aromatic N) is 6. The minimum atomic E-state index is -1.49. The number of ether oxygens (including phenoxy) is 2. The molecule has 1 aromatic rings. The van der Waals surface area contributed by atoms with Gasteiger partial charge in [-0.3, -0.25) is 43.2 Å². The fourth-order valence-electron chi connectivity index (χ4n) is 10.0. The van der Waals surface area contributed by atoms with Crippen molar-refractivity contribution in [3.8, 4) is 0 Å². The van der Waals surface area contributed by atoms with Gasteiger partial charge in [0.25, 0.3) is 0 Å². The number of carbonyl (C=O) groups excluding carboxylic acids is 11. The van der Waals surface area contributed by atoms with Crippen LogP contribution in [-0.2, 0) is 64.0 Å². The molecule has 0 aromatic heterocycles. The zero-order valence-corrected chi connectivity index (χ0v) is 50.9. The second-order valence-electron chi connectivity index (χ2n) is 22.8. The third kappa shape index (κ3) is 21.9. The topological polar surface area (TPSA) is 349 Å². The maximum absolute atomic E-state index is 14.6. The summed E-state index contributed by atoms with van der Waals surface area (Å²) >= 11 is 0. The van der Waals surface area contributed by atoms with Gasteiger partial charge in [-0.05, 0) is 89.5 Å². The average molecular weight is 1190 g/mol. The monoisotopic (exact) mass is 1180 g/mol. The van der Waals surface area contributed by atoms with E-state index in [1.54, 1.807) is 85.7 Å². The fraction of sp³-hybridized carbons (Fsp3) is 0.684. The molecule has 3 rings (SSSR count). The molecule has 6 atom stereocenters. The number of carboxylic acids is 1. The number of carbonyl (C=O) groups is 12. The molecule has 11 amide bonds. The van der Waals surface area contributed by atoms with Crippen LogP contribution in [0.5, 0.6) is 0 Å². The Labute approximate surface area is 493 Å². The molecule has 8 N–H and O–H groups in total. The number of likely N-dealkylation sites (N-methyl/N-ethyl adjacent to an activating group) is 2. The van der Waals surface area contributed by atoms with Crippen LogP contribution < -0.4 is 32.3 Å². The highest BCUT2D eigenvalue weighted by molar-refractivity contribution is 5.96. The van der Waals surface area contributed by atoms with Gasteiger partial charge in [0, 0.05) is 53.4 Å². The predicted molar refractivity (Wildman–Crippen MR) is 308 cm³/mol. The van der Waals surface area contributed by atoms with E-state index in [9.17, 15) is 62.6 Å². The third-order valence-electron chi connectivity index (χ3n) is 14.3. The summed E-state index contributed by atoms with van der Waals surface area (Å²) in [5.74, 6) is -8.05. The molecule has 2 fully saturated rings. The molecule has 2 heterocycles. The maximum Gasteiger partial charge on any atom is 0.408 e. The molecule has 2 aliphatic heterocycles. The zero-order chi connectivity index (χ0) is 63.0. The molecule has 470 valence electrons. The van der Waals surface area contributed by atoms with E-state index in [0.717, 1.165) is 9.80 Å². The van der Waals surface area contributed by atoms with E-state index in [2.05, 4.69) is 26.6 Å². The lowest BCUT2D eigenvalue weighted by Gasteiger charge is -2.37. The normalized spacial score (nSPS) is 16.6. The second kappa shape index (κ2) is 34.3. The van der Waals surface area contributed by atoms with Gasteiger partial charge < -0.3 is 76.3 Å². The molecule has 84 heavy (non-hydrogen) atoms. The van der Waals surface area contributed by atoms with Gasteiger partial charge in [0.05, 0.1) is 26.2 Å². The van der Waals surface area contributed by atoms with Gasteiger partial charge >= 0.3 is 18.2 Å². The molecule has 27 heteroatoms. The molecule has 27 nitrogen and oxygen atoms in total. The molecule has 2 aliphatic rings. The van der Waals surface area contributed by atoms with Gasteiger partial charge in [0.2, 0.25) is 53.2 Å². The Hall–Kier alpha value is -7.58. The number of alkyl carbamates (subject to hydrolysis) is 2. The Morgan fingerprint density at radius 3 is 1.54 bits per heavy atom. The first-order valence-corrected chi connectivity index (χ1v) is 29.0. The van der Waals surface area contributed by atoms with Crippen molar-refractivity contribution >= 4 is 71.3 Å². The molecule has 2 saturated heterocycles. The van der Waals surface area contributed by atoms with Gasteiger partial charge in [0.1, 0.15) is 48.5 Å². The number of carboxylic acid groups (broad SMARTS) is 1. The van der Waals surface area contributed by atoms with Crippen LogP contribution in [0.4, 0.5) is 9.59 Å². The van der Waals surface area contributed by atoms with E-state index < -0.39 is 151 Å². The Kier molecular flexibility index (Phi) is 28.8. The van der Waals surface area contributed by atoms with E-state index in [0.29, 0.717) is 44.1 Å². The largest absolute Gasteiger partial charge is 0.480 e. The summed E-state index contributed by atoms with van der Waals surface area (Å²) in [6.07, 6.45) is 1.44. The van der Waals surface area contributed by atoms with Gasteiger partial charge in [-0.15, -0.1) is 0 Å². The number of hydrogen-bond acceptors (Lipinski definition) is 15. The highest BCUT2D eigenvalue weighted by Gasteiger charge is 2.41. The molecule has 0 spiro atoms. The van der Waals surface area contributed by atoms with Crippen molar-refractivity contribution in [1.29, 1.82) is 0 Å². The number of aliphatic carboxylic acids is 1. The fourth-order valence-corrected chi connectivity index (χ4v) is 10.0. The summed E-state index contributed by atoms with van der Waals surface area (Å²) in [4.78, 5) is 170. The number of likely N-dealkylation sites (tertiary alicyclic amines) is 2. The van der Waals surface area contributed by atoms with Crippen molar-refractivity contribution in [2.45, 2.75) is 162 Å². The standard InChI is InChI=1S/C57H92N12O15/c1-12-25-66(43(70)29-58)33-45(72)64(10)47(36(3)4)50(75)59-30-39(62-55(81)83-35-38-21-15-14-16-22-38)52(77)68-27-19-17-23-41(68)49(74)61-32-44(71)67(26-13-2)34-46(73)65(11)48(37(5)6)51(76)60-31-40(63-56(82)84-57(7,8)9)53(78)69-28-20-18-24-42(69)54(79)80/h14-16,21-22,36-37,39-42,47-48H,12-13,17-20,23-35,58H2,1-11H3,(H,59,75)(H,60,76)(H,61,74)(H,62,81)(H,63,82)(H,79,80)/t39-,40-,41+,42+,47+,48+/m1/s1. The highest BCUT2D eigenvalue weighted by atomic mass is 16.6. The van der Waals surface area contributed by atoms with Crippen LogP contribution in [0.25, 0.3) is 0 Å². The molecular weight excluding hydrogens is 1090 g/mol. The lowest BCUT2D eigenvalue weighted by molar-refractivity contribution is -0.153. The van der Waals surface area contributed by atoms with Crippen molar-refractivity contribution in [3.05, 3.63) is 35.9 Å². The minimum Gasteiger partial charge on any atom is -0.480 e. The van der Waals surface area contributed by atoms with Crippen molar-refractivity contribution in [3.63, 3.8) is 0 Å². The first kappa shape index (κ1) is 70.7. The molecule has 1 aromatic carbocycles. The van der Waals surface area contributed by atoms with Crippen molar-refractivity contribution in [2.24, 2.45) is 17.6 Å². The van der Waals surface area contributed by atoms with E-state index in [-0.39, 0.29) is 58.7 Å². The average Bonchev–Trinajstić information content (AvgIpc) is 3.27. The van der Waals surface area contributed by atoms with Crippen LogP contribution in [0.15, 0.2) is 30.3 Å². The predicted octanol–water partition coefficient (Wildman–Crippen LogP) is 0.772. The Morgan fingerprint density at radius 2 is 1.10 bits per heavy atom. The molecule has 0 radical (unpaired) electrons. The summed E-state index contributed by atoms with van der Waals surface area (Å²) in [6, 6.07) is 1.29. The third-order valence-corrected chi connectivity index (χ3v) is 14.3. The second-order valence-corrected chi connectivity index (χ2v) is 22.8. The first-order valence-electron chi connectivity index (χ1n) is 29.0. The van der Waals surface area contributed by atoms with Crippen molar-refractivity contribution in [1.82, 2.24) is 56.0 Å². The lowest BCUT2D eigenvalue weighted by atomic mass is 9.99. The van der Waals surface area contributed by atoms with Crippen molar-refractivity contribution in [2.75, 3.05) is 79.5 Å². The van der Waals surface area contributed by atoms with E-state index >= 15 is 0 Å². The number of nitrogens with two attached hydrogens (primary N) is 1. The highest BCUT2D eigenvalue weighted by Crippen LogP contribution is 2.21. The molecule has 0 unspecified atom stereocenters. The van der Waals surface area contributed by atoms with E-state index in [1.165, 1.54) is 33.7 Å². The zero-order valence-electron chi connectivity index (χ0n) is 50.9. The SMILES string of the molecule is CCCN(CC(=O)N(C)[C@H](C(=O)NC[C@@H](NC(=O)OCc1ccccc1)C(=O)N1CCCC[C@H]1C(=O)NCC(=O)N(CCC)CC(=O)N(C)[C@H](C(=O)NC[C@@H](NC(=O)OC(C)(C)C)C(=O)N1CCCC[C@H]1C(=O)O)C(C)C)C(C)C)C(=O)CN. The van der Waals surface area contributed by atoms with Crippen LogP contribution in [0, 0.1) is 11.8 Å². The van der Waals surface area contributed by atoms with Crippen LogP contribution in [0.2, 0.25) is 0 Å². The van der Waals surface area contributed by atoms with Crippen molar-refractivity contribution < 1.29 is 72.1 Å². The number of nitrogens with one attached hydrogen (secondary N) is 5. The van der Waals surface area contributed by atoms with Gasteiger partial charge in [-0.25, -0.2) is 14.4 Å². The molecule has 0 aliphatic carbocycles. The summed E-state index contributed by atoms with van der Waals surface area (Å²) < 4.78 is 10.8. The summed E-state index contributed by atoms with van der Waals surface area (Å²) in [6.45, 7) is 12.9. The summed E-state index contributed by atoms with van der Waals surface area (Å²) in [5, 5.41) is 22.9. The molecule has 0 saturated carbocycles. The van der Waals surface area contributed by atoms with Gasteiger partial charge in [-0.1, -0.05) is 71.9 Å². The quantitative estimate of drug-likeness (QED) is 0.0583. The van der Waals surface area contributed by atoms with Crippen LogP contribution >= 0.6 is 0 Å². The smallest absolute Gasteiger partial charge is 0.408 e. The van der Waals surface area contributed by atoms with Gasteiger partial charge in [-0.2, -0.15) is 0 Å². The number of benzene rings is 1. The summed E-state index contributed by atoms with van der Waals surface area (Å²) in [5.41, 5.74) is 5.28. The van der Waals surface area contributed by atoms with E-state index in [1.807, 2.05) is 6.92 Å². The number of hydrogen-bond donors (Lipinski definition) is 7. The number of piperidine rings is 2. The van der Waals surface area contributed by atoms with Crippen LogP contribution in [-0.4, -0.2) is 227 Å². The Balaban J connectivity index is 1.79. The van der Waals surface area contributed by atoms with E-state index in [4.69, 9.17) is 15.2 Å². The summed E-state index contributed by atoms with van der Waals surface area (Å²) in [7, 11) is 2.80. The van der Waals surface area contributed by atoms with Gasteiger partial charge in [0.15, 0.2) is 0 Å².